The van der Waals surface area contributed by atoms with Gasteiger partial charge in [-0.1, -0.05) is 30.3 Å². The molecule has 0 fully saturated rings. The molecule has 3 N–H and O–H groups in total. The Kier molecular flexibility index (Phi) is 3.22. The Balaban J connectivity index is 2.30. The SMILES string of the molecule is NCc1c[c]ccc1Cc1ccccc1O. The van der Waals surface area contributed by atoms with Gasteiger partial charge in [0.15, 0.2) is 0 Å². The lowest BCUT2D eigenvalue weighted by molar-refractivity contribution is 0.469. The lowest BCUT2D eigenvalue weighted by Gasteiger charge is -2.08. The van der Waals surface area contributed by atoms with Gasteiger partial charge in [0.25, 0.3) is 0 Å². The van der Waals surface area contributed by atoms with Gasteiger partial charge in [-0.05, 0) is 34.9 Å². The van der Waals surface area contributed by atoms with Crippen molar-refractivity contribution in [1.29, 1.82) is 0 Å². The topological polar surface area (TPSA) is 46.2 Å². The van der Waals surface area contributed by atoms with Crippen LogP contribution >= 0.6 is 0 Å². The third-order valence-electron chi connectivity index (χ3n) is 2.64. The minimum atomic E-state index is 0.332. The highest BCUT2D eigenvalue weighted by molar-refractivity contribution is 5.38. The van der Waals surface area contributed by atoms with E-state index >= 15 is 0 Å². The van der Waals surface area contributed by atoms with Gasteiger partial charge in [0.05, 0.1) is 0 Å². The van der Waals surface area contributed by atoms with E-state index in [-0.39, 0.29) is 0 Å². The Morgan fingerprint density at radius 1 is 1.06 bits per heavy atom. The fraction of sp³-hybridized carbons (Fsp3) is 0.143. The highest BCUT2D eigenvalue weighted by Gasteiger charge is 2.04. The zero-order valence-corrected chi connectivity index (χ0v) is 8.98. The van der Waals surface area contributed by atoms with Gasteiger partial charge in [0.2, 0.25) is 0 Å². The van der Waals surface area contributed by atoms with Crippen LogP contribution in [0, 0.1) is 6.07 Å². The lowest BCUT2D eigenvalue weighted by atomic mass is 9.99. The third kappa shape index (κ3) is 2.23. The minimum Gasteiger partial charge on any atom is -0.508 e. The van der Waals surface area contributed by atoms with E-state index in [0.717, 1.165) is 16.7 Å². The van der Waals surface area contributed by atoms with E-state index in [1.165, 1.54) is 0 Å². The molecule has 0 bridgehead atoms. The number of benzene rings is 2. The second-order valence-electron chi connectivity index (χ2n) is 3.70. The summed E-state index contributed by atoms with van der Waals surface area (Å²) >= 11 is 0. The summed E-state index contributed by atoms with van der Waals surface area (Å²) in [7, 11) is 0. The summed E-state index contributed by atoms with van der Waals surface area (Å²) in [6, 6.07) is 16.1. The molecular weight excluding hydrogens is 198 g/mol. The molecule has 0 amide bonds. The van der Waals surface area contributed by atoms with Crippen LogP contribution < -0.4 is 5.73 Å². The summed E-state index contributed by atoms with van der Waals surface area (Å²) in [5.41, 5.74) is 8.80. The summed E-state index contributed by atoms with van der Waals surface area (Å²) in [4.78, 5) is 0. The molecule has 2 aromatic carbocycles. The van der Waals surface area contributed by atoms with Crippen LogP contribution in [0.15, 0.2) is 42.5 Å². The summed E-state index contributed by atoms with van der Waals surface area (Å²) in [5, 5.41) is 9.70. The van der Waals surface area contributed by atoms with E-state index in [1.54, 1.807) is 6.07 Å². The predicted octanol–water partition coefficient (Wildman–Crippen LogP) is 2.24. The number of aromatic hydroxyl groups is 1. The van der Waals surface area contributed by atoms with E-state index in [2.05, 4.69) is 6.07 Å². The summed E-state index contributed by atoms with van der Waals surface area (Å²) in [5.74, 6) is 0.332. The molecule has 0 aliphatic carbocycles. The first-order chi connectivity index (χ1) is 7.81. The molecule has 0 unspecified atom stereocenters. The molecule has 0 atom stereocenters. The van der Waals surface area contributed by atoms with Gasteiger partial charge in [-0.3, -0.25) is 0 Å². The van der Waals surface area contributed by atoms with E-state index in [0.29, 0.717) is 18.7 Å². The van der Waals surface area contributed by atoms with Crippen molar-refractivity contribution in [2.45, 2.75) is 13.0 Å². The van der Waals surface area contributed by atoms with Gasteiger partial charge in [0.1, 0.15) is 5.75 Å². The lowest BCUT2D eigenvalue weighted by Crippen LogP contribution is -2.02. The first-order valence-electron chi connectivity index (χ1n) is 5.26. The Hall–Kier alpha value is -1.80. The molecule has 16 heavy (non-hydrogen) atoms. The number of nitrogens with two attached hydrogens (primary N) is 1. The van der Waals surface area contributed by atoms with Gasteiger partial charge in [0, 0.05) is 13.0 Å². The van der Waals surface area contributed by atoms with Crippen LogP contribution in [-0.4, -0.2) is 5.11 Å². The molecule has 0 aliphatic heterocycles. The average molecular weight is 212 g/mol. The van der Waals surface area contributed by atoms with Crippen LogP contribution in [0.5, 0.6) is 5.75 Å². The normalized spacial score (nSPS) is 10.3. The molecule has 1 radical (unpaired) electrons. The molecule has 0 aliphatic rings. The van der Waals surface area contributed by atoms with Crippen LogP contribution in [-0.2, 0) is 13.0 Å². The van der Waals surface area contributed by atoms with E-state index < -0.39 is 0 Å². The Morgan fingerprint density at radius 3 is 2.62 bits per heavy atom. The summed E-state index contributed by atoms with van der Waals surface area (Å²) in [6.07, 6.45) is 0.702. The van der Waals surface area contributed by atoms with Crippen molar-refractivity contribution in [2.24, 2.45) is 5.73 Å². The predicted molar refractivity (Wildman–Crippen MR) is 64.1 cm³/mol. The Labute approximate surface area is 95.4 Å². The van der Waals surface area contributed by atoms with Gasteiger partial charge >= 0.3 is 0 Å². The molecule has 0 aromatic heterocycles. The molecule has 2 aromatic rings. The molecule has 0 saturated carbocycles. The Bertz CT molecular complexity index is 480. The van der Waals surface area contributed by atoms with E-state index in [1.807, 2.05) is 36.4 Å². The maximum atomic E-state index is 9.70. The van der Waals surface area contributed by atoms with Crippen LogP contribution in [0.3, 0.4) is 0 Å². The zero-order valence-electron chi connectivity index (χ0n) is 8.98. The van der Waals surface area contributed by atoms with Crippen molar-refractivity contribution in [3.05, 3.63) is 65.2 Å². The summed E-state index contributed by atoms with van der Waals surface area (Å²) in [6.45, 7) is 0.500. The standard InChI is InChI=1S/C14H14NO/c15-10-13-7-2-1-5-11(13)9-12-6-3-4-8-14(12)16/h1,3-8,16H,9-10,15H2. The number of rotatable bonds is 3. The fourth-order valence-electron chi connectivity index (χ4n) is 1.73. The minimum absolute atomic E-state index is 0.332. The van der Waals surface area contributed by atoms with Crippen molar-refractivity contribution < 1.29 is 5.11 Å². The van der Waals surface area contributed by atoms with Crippen LogP contribution in [0.4, 0.5) is 0 Å². The van der Waals surface area contributed by atoms with E-state index in [9.17, 15) is 5.11 Å². The Morgan fingerprint density at radius 2 is 1.88 bits per heavy atom. The van der Waals surface area contributed by atoms with Crippen molar-refractivity contribution in [3.8, 4) is 5.75 Å². The summed E-state index contributed by atoms with van der Waals surface area (Å²) < 4.78 is 0. The molecule has 0 saturated heterocycles. The average Bonchev–Trinajstić information content (AvgIpc) is 2.33. The van der Waals surface area contributed by atoms with Gasteiger partial charge in [-0.15, -0.1) is 0 Å². The number of phenols is 1. The van der Waals surface area contributed by atoms with Crippen LogP contribution in [0.1, 0.15) is 16.7 Å². The maximum Gasteiger partial charge on any atom is 0.119 e. The molecular formula is C14H14NO. The number of phenolic OH excluding ortho intramolecular Hbond substituents is 1. The second kappa shape index (κ2) is 4.81. The van der Waals surface area contributed by atoms with Crippen molar-refractivity contribution in [3.63, 3.8) is 0 Å². The van der Waals surface area contributed by atoms with Gasteiger partial charge < -0.3 is 10.8 Å². The first-order valence-corrected chi connectivity index (χ1v) is 5.26. The molecule has 2 nitrogen and oxygen atoms in total. The molecule has 0 heterocycles. The first kappa shape index (κ1) is 10.7. The third-order valence-corrected chi connectivity index (χ3v) is 2.64. The number of para-hydroxylation sites is 1. The maximum absolute atomic E-state index is 9.70. The van der Waals surface area contributed by atoms with E-state index in [4.69, 9.17) is 5.73 Å². The van der Waals surface area contributed by atoms with Crippen LogP contribution in [0.2, 0.25) is 0 Å². The molecule has 0 spiro atoms. The van der Waals surface area contributed by atoms with Gasteiger partial charge in [-0.25, -0.2) is 0 Å². The fourth-order valence-corrected chi connectivity index (χ4v) is 1.73. The van der Waals surface area contributed by atoms with Gasteiger partial charge in [-0.2, -0.15) is 0 Å². The number of hydrogen-bond donors (Lipinski definition) is 2. The second-order valence-corrected chi connectivity index (χ2v) is 3.70. The number of hydrogen-bond acceptors (Lipinski definition) is 2. The van der Waals surface area contributed by atoms with Crippen molar-refractivity contribution in [1.82, 2.24) is 0 Å². The monoisotopic (exact) mass is 212 g/mol. The van der Waals surface area contributed by atoms with Crippen molar-refractivity contribution >= 4 is 0 Å². The molecule has 2 heteroatoms. The highest BCUT2D eigenvalue weighted by atomic mass is 16.3. The van der Waals surface area contributed by atoms with Crippen molar-refractivity contribution in [2.75, 3.05) is 0 Å². The smallest absolute Gasteiger partial charge is 0.119 e. The van der Waals surface area contributed by atoms with Crippen LogP contribution in [0.25, 0.3) is 0 Å². The highest BCUT2D eigenvalue weighted by Crippen LogP contribution is 2.21. The molecule has 81 valence electrons. The largest absolute Gasteiger partial charge is 0.508 e. The molecule has 2 rings (SSSR count). The quantitative estimate of drug-likeness (QED) is 0.819. The zero-order chi connectivity index (χ0) is 11.4.